The zero-order chi connectivity index (χ0) is 18.2. The van der Waals surface area contributed by atoms with Crippen LogP contribution in [0.5, 0.6) is 0 Å². The first-order valence-electron chi connectivity index (χ1n) is 7.81. The molecule has 25 heavy (non-hydrogen) atoms. The molecule has 0 saturated carbocycles. The Morgan fingerprint density at radius 3 is 2.24 bits per heavy atom. The average Bonchev–Trinajstić information content (AvgIpc) is 2.60. The number of benzene rings is 2. The molecular weight excluding hydrogens is 322 g/mol. The quantitative estimate of drug-likeness (QED) is 0.683. The molecule has 1 unspecified atom stereocenters. The van der Waals surface area contributed by atoms with Crippen LogP contribution in [0.15, 0.2) is 54.6 Å². The monoisotopic (exact) mass is 341 g/mol. The lowest BCUT2D eigenvalue weighted by molar-refractivity contribution is -0.144. The van der Waals surface area contributed by atoms with Gasteiger partial charge in [-0.3, -0.25) is 14.4 Å². The van der Waals surface area contributed by atoms with Gasteiger partial charge in [-0.2, -0.15) is 0 Å². The smallest absolute Gasteiger partial charge is 0.322 e. The lowest BCUT2D eigenvalue weighted by Crippen LogP contribution is -2.32. The topological polar surface area (TPSA) is 104 Å². The highest BCUT2D eigenvalue weighted by Crippen LogP contribution is 2.22. The number of nitrogens with one attached hydrogen (secondary N) is 1. The molecule has 0 radical (unpaired) electrons. The lowest BCUT2D eigenvalue weighted by atomic mass is 9.93. The number of hydrogen-bond acceptors (Lipinski definition) is 3. The van der Waals surface area contributed by atoms with Crippen LogP contribution in [0.2, 0.25) is 0 Å². The van der Waals surface area contributed by atoms with Crippen LogP contribution < -0.4 is 5.32 Å². The number of aliphatic carboxylic acids is 2. The molecule has 3 N–H and O–H groups in total. The standard InChI is InChI=1S/C19H19NO5/c21-17(20-12-18(22)23)11-16(19(24)25)10-13-5-4-8-15(9-13)14-6-2-1-3-7-14/h1-9,16H,10-12H2,(H,20,21)(H,22,23)(H,24,25). The van der Waals surface area contributed by atoms with Gasteiger partial charge in [-0.25, -0.2) is 0 Å². The van der Waals surface area contributed by atoms with E-state index in [1.807, 2.05) is 54.6 Å². The Balaban J connectivity index is 2.08. The molecule has 1 atom stereocenters. The normalized spacial score (nSPS) is 11.5. The highest BCUT2D eigenvalue weighted by atomic mass is 16.4. The summed E-state index contributed by atoms with van der Waals surface area (Å²) < 4.78 is 0. The molecule has 1 amide bonds. The molecule has 2 aromatic carbocycles. The summed E-state index contributed by atoms with van der Waals surface area (Å²) in [5.74, 6) is -3.76. The fourth-order valence-electron chi connectivity index (χ4n) is 2.51. The molecule has 2 aromatic rings. The zero-order valence-corrected chi connectivity index (χ0v) is 13.5. The molecular formula is C19H19NO5. The fraction of sp³-hybridized carbons (Fsp3) is 0.211. The van der Waals surface area contributed by atoms with Crippen LogP contribution in [0.25, 0.3) is 11.1 Å². The van der Waals surface area contributed by atoms with Crippen LogP contribution in [0, 0.1) is 5.92 Å². The van der Waals surface area contributed by atoms with Crippen molar-refractivity contribution in [1.29, 1.82) is 0 Å². The predicted molar refractivity (Wildman–Crippen MR) is 92.0 cm³/mol. The van der Waals surface area contributed by atoms with Crippen molar-refractivity contribution < 1.29 is 24.6 Å². The third kappa shape index (κ3) is 5.76. The number of rotatable bonds is 8. The van der Waals surface area contributed by atoms with Crippen molar-refractivity contribution >= 4 is 17.8 Å². The van der Waals surface area contributed by atoms with Crippen molar-refractivity contribution in [3.8, 4) is 11.1 Å². The van der Waals surface area contributed by atoms with E-state index < -0.39 is 30.3 Å². The van der Waals surface area contributed by atoms with E-state index in [1.54, 1.807) is 0 Å². The fourth-order valence-corrected chi connectivity index (χ4v) is 2.51. The first-order chi connectivity index (χ1) is 12.0. The molecule has 6 heteroatoms. The third-order valence-corrected chi connectivity index (χ3v) is 3.73. The van der Waals surface area contributed by atoms with E-state index in [4.69, 9.17) is 5.11 Å². The highest BCUT2D eigenvalue weighted by Gasteiger charge is 2.22. The largest absolute Gasteiger partial charge is 0.481 e. The van der Waals surface area contributed by atoms with Gasteiger partial charge < -0.3 is 15.5 Å². The Morgan fingerprint density at radius 2 is 1.60 bits per heavy atom. The maximum absolute atomic E-state index is 11.7. The second kappa shape index (κ2) is 8.63. The summed E-state index contributed by atoms with van der Waals surface area (Å²) in [6.07, 6.45) is -0.0747. The Morgan fingerprint density at radius 1 is 0.920 bits per heavy atom. The Hall–Kier alpha value is -3.15. The predicted octanol–water partition coefficient (Wildman–Crippen LogP) is 2.19. The highest BCUT2D eigenvalue weighted by molar-refractivity contribution is 5.85. The van der Waals surface area contributed by atoms with Crippen molar-refractivity contribution in [3.63, 3.8) is 0 Å². The average molecular weight is 341 g/mol. The first-order valence-corrected chi connectivity index (χ1v) is 7.81. The molecule has 2 rings (SSSR count). The van der Waals surface area contributed by atoms with Gasteiger partial charge in [0.05, 0.1) is 5.92 Å². The molecule has 0 aromatic heterocycles. The number of carbonyl (C=O) groups excluding carboxylic acids is 1. The van der Waals surface area contributed by atoms with Crippen molar-refractivity contribution in [3.05, 3.63) is 60.2 Å². The van der Waals surface area contributed by atoms with Gasteiger partial charge >= 0.3 is 11.9 Å². The SMILES string of the molecule is O=C(O)CNC(=O)CC(Cc1cccc(-c2ccccc2)c1)C(=O)O. The van der Waals surface area contributed by atoms with Crippen molar-refractivity contribution in [2.24, 2.45) is 5.92 Å². The summed E-state index contributed by atoms with van der Waals surface area (Å²) in [6, 6.07) is 17.2. The van der Waals surface area contributed by atoms with E-state index in [0.717, 1.165) is 16.7 Å². The minimum atomic E-state index is -1.17. The maximum atomic E-state index is 11.7. The van der Waals surface area contributed by atoms with E-state index in [2.05, 4.69) is 5.32 Å². The molecule has 0 bridgehead atoms. The van der Waals surface area contributed by atoms with Crippen LogP contribution in [0.3, 0.4) is 0 Å². The summed E-state index contributed by atoms with van der Waals surface area (Å²) >= 11 is 0. The third-order valence-electron chi connectivity index (χ3n) is 3.73. The molecule has 0 aliphatic carbocycles. The van der Waals surface area contributed by atoms with Gasteiger partial charge in [0.25, 0.3) is 0 Å². The van der Waals surface area contributed by atoms with Crippen molar-refractivity contribution in [2.45, 2.75) is 12.8 Å². The minimum absolute atomic E-state index is 0.191. The summed E-state index contributed by atoms with van der Waals surface area (Å²) in [7, 11) is 0. The van der Waals surface area contributed by atoms with E-state index in [0.29, 0.717) is 0 Å². The Kier molecular flexibility index (Phi) is 6.28. The van der Waals surface area contributed by atoms with Crippen molar-refractivity contribution in [1.82, 2.24) is 5.32 Å². The van der Waals surface area contributed by atoms with Crippen LogP contribution in [-0.2, 0) is 20.8 Å². The second-order valence-corrected chi connectivity index (χ2v) is 5.68. The number of carbonyl (C=O) groups is 3. The van der Waals surface area contributed by atoms with Crippen LogP contribution in [0.4, 0.5) is 0 Å². The molecule has 0 fully saturated rings. The van der Waals surface area contributed by atoms with Crippen LogP contribution in [-0.4, -0.2) is 34.6 Å². The van der Waals surface area contributed by atoms with E-state index >= 15 is 0 Å². The Labute approximate surface area is 145 Å². The molecule has 0 aliphatic rings. The molecule has 130 valence electrons. The number of amides is 1. The van der Waals surface area contributed by atoms with Gasteiger partial charge in [-0.1, -0.05) is 54.6 Å². The van der Waals surface area contributed by atoms with Crippen LogP contribution in [0.1, 0.15) is 12.0 Å². The van der Waals surface area contributed by atoms with Crippen LogP contribution >= 0.6 is 0 Å². The summed E-state index contributed by atoms with van der Waals surface area (Å²) in [6.45, 7) is -0.519. The van der Waals surface area contributed by atoms with Gasteiger partial charge in [0.1, 0.15) is 6.54 Å². The van der Waals surface area contributed by atoms with Gasteiger partial charge in [0, 0.05) is 6.42 Å². The molecule has 6 nitrogen and oxygen atoms in total. The summed E-state index contributed by atoms with van der Waals surface area (Å²) in [4.78, 5) is 33.6. The molecule has 0 saturated heterocycles. The maximum Gasteiger partial charge on any atom is 0.322 e. The minimum Gasteiger partial charge on any atom is -0.481 e. The van der Waals surface area contributed by atoms with E-state index in [9.17, 15) is 19.5 Å². The van der Waals surface area contributed by atoms with Gasteiger partial charge in [-0.15, -0.1) is 0 Å². The summed E-state index contributed by atoms with van der Waals surface area (Å²) in [5, 5.41) is 20.1. The number of carboxylic acids is 2. The molecule has 0 heterocycles. The molecule has 0 spiro atoms. The van der Waals surface area contributed by atoms with Crippen molar-refractivity contribution in [2.75, 3.05) is 6.54 Å². The van der Waals surface area contributed by atoms with E-state index in [1.165, 1.54) is 0 Å². The summed E-state index contributed by atoms with van der Waals surface area (Å²) in [5.41, 5.74) is 2.80. The second-order valence-electron chi connectivity index (χ2n) is 5.68. The lowest BCUT2D eigenvalue weighted by Gasteiger charge is -2.13. The van der Waals surface area contributed by atoms with Gasteiger partial charge in [0.2, 0.25) is 5.91 Å². The van der Waals surface area contributed by atoms with Gasteiger partial charge in [-0.05, 0) is 23.1 Å². The van der Waals surface area contributed by atoms with Gasteiger partial charge in [0.15, 0.2) is 0 Å². The zero-order valence-electron chi connectivity index (χ0n) is 13.5. The first kappa shape index (κ1) is 18.2. The molecule has 0 aliphatic heterocycles. The number of carboxylic acid groups (broad SMARTS) is 2. The Bertz CT molecular complexity index is 757. The van der Waals surface area contributed by atoms with E-state index in [-0.39, 0.29) is 12.8 Å². The number of hydrogen-bond donors (Lipinski definition) is 3.